The van der Waals surface area contributed by atoms with E-state index in [-0.39, 0.29) is 17.7 Å². The summed E-state index contributed by atoms with van der Waals surface area (Å²) in [5.41, 5.74) is 1.69. The summed E-state index contributed by atoms with van der Waals surface area (Å²) in [5, 5.41) is 0. The lowest BCUT2D eigenvalue weighted by molar-refractivity contribution is -0.129. The molecule has 160 valence electrons. The van der Waals surface area contributed by atoms with Gasteiger partial charge in [0, 0.05) is 38.3 Å². The lowest BCUT2D eigenvalue weighted by atomic mass is 10.1. The number of halogens is 1. The molecule has 3 rings (SSSR count). The monoisotopic (exact) mass is 412 g/mol. The molecule has 1 aliphatic rings. The number of hydrogen-bond donors (Lipinski definition) is 0. The van der Waals surface area contributed by atoms with E-state index in [2.05, 4.69) is 11.8 Å². The van der Waals surface area contributed by atoms with E-state index < -0.39 is 5.82 Å². The van der Waals surface area contributed by atoms with Crippen LogP contribution in [0.5, 0.6) is 5.75 Å². The predicted molar refractivity (Wildman–Crippen MR) is 116 cm³/mol. The second-order valence-corrected chi connectivity index (χ2v) is 7.44. The maximum Gasteiger partial charge on any atom is 0.247 e. The smallest absolute Gasteiger partial charge is 0.247 e. The van der Waals surface area contributed by atoms with Crippen LogP contribution < -0.4 is 4.74 Å². The maximum absolute atomic E-state index is 13.9. The number of nitrogens with zero attached hydrogens (tertiary/aromatic N) is 2. The van der Waals surface area contributed by atoms with Gasteiger partial charge in [-0.05, 0) is 36.3 Å². The maximum atomic E-state index is 13.9. The Balaban J connectivity index is 1.73. The Hall–Kier alpha value is -2.70. The van der Waals surface area contributed by atoms with Gasteiger partial charge in [-0.1, -0.05) is 36.4 Å². The molecule has 2 aromatic carbocycles. The van der Waals surface area contributed by atoms with E-state index in [1.807, 2.05) is 35.2 Å². The average molecular weight is 413 g/mol. The molecule has 1 heterocycles. The van der Waals surface area contributed by atoms with Crippen LogP contribution in [0, 0.1) is 5.82 Å². The van der Waals surface area contributed by atoms with Crippen molar-refractivity contribution in [1.29, 1.82) is 0 Å². The van der Waals surface area contributed by atoms with E-state index in [0.717, 1.165) is 38.4 Å². The van der Waals surface area contributed by atoms with Gasteiger partial charge in [0.2, 0.25) is 5.91 Å². The standard InChI is InChI=1S/C24H29FN2O3/c1-19(17-26-12-14-30-15-13-26)27(18-21-6-4-3-5-7-21)24(28)11-9-20-8-10-23(29-2)22(25)16-20/h3-11,16,19H,12-15,17-18H2,1-2H3/b11-9+. The van der Waals surface area contributed by atoms with E-state index in [0.29, 0.717) is 12.1 Å². The van der Waals surface area contributed by atoms with Crippen LogP contribution >= 0.6 is 0 Å². The number of benzene rings is 2. The molecule has 0 N–H and O–H groups in total. The number of carbonyl (C=O) groups is 1. The molecule has 0 saturated carbocycles. The van der Waals surface area contributed by atoms with Crippen LogP contribution in [0.15, 0.2) is 54.6 Å². The third-order valence-electron chi connectivity index (χ3n) is 5.23. The first-order valence-corrected chi connectivity index (χ1v) is 10.2. The summed E-state index contributed by atoms with van der Waals surface area (Å²) in [6.07, 6.45) is 3.16. The zero-order valence-electron chi connectivity index (χ0n) is 17.6. The second-order valence-electron chi connectivity index (χ2n) is 7.44. The number of carbonyl (C=O) groups excluding carboxylic acids is 1. The van der Waals surface area contributed by atoms with Gasteiger partial charge in [-0.2, -0.15) is 0 Å². The Kier molecular flexibility index (Phi) is 7.99. The Labute approximate surface area is 177 Å². The largest absolute Gasteiger partial charge is 0.494 e. The van der Waals surface area contributed by atoms with Gasteiger partial charge >= 0.3 is 0 Å². The van der Waals surface area contributed by atoms with Crippen LogP contribution in [0.3, 0.4) is 0 Å². The zero-order chi connectivity index (χ0) is 21.3. The Bertz CT molecular complexity index is 851. The highest BCUT2D eigenvalue weighted by atomic mass is 19.1. The van der Waals surface area contributed by atoms with Crippen molar-refractivity contribution < 1.29 is 18.7 Å². The third kappa shape index (κ3) is 6.15. The van der Waals surface area contributed by atoms with E-state index in [9.17, 15) is 9.18 Å². The molecule has 1 fully saturated rings. The van der Waals surface area contributed by atoms with E-state index >= 15 is 0 Å². The molecule has 1 aliphatic heterocycles. The van der Waals surface area contributed by atoms with Gasteiger partial charge in [0.25, 0.3) is 0 Å². The van der Waals surface area contributed by atoms with Gasteiger partial charge in [-0.25, -0.2) is 4.39 Å². The topological polar surface area (TPSA) is 42.0 Å². The summed E-state index contributed by atoms with van der Waals surface area (Å²) in [6, 6.07) is 14.6. The molecule has 30 heavy (non-hydrogen) atoms. The minimum atomic E-state index is -0.450. The SMILES string of the molecule is COc1ccc(/C=C/C(=O)N(Cc2ccccc2)C(C)CN2CCOCC2)cc1F. The first-order valence-electron chi connectivity index (χ1n) is 10.2. The van der Waals surface area contributed by atoms with Gasteiger partial charge in [0.15, 0.2) is 11.6 Å². The molecule has 0 bridgehead atoms. The summed E-state index contributed by atoms with van der Waals surface area (Å²) < 4.78 is 24.3. The molecule has 0 aromatic heterocycles. The number of ether oxygens (including phenoxy) is 2. The van der Waals surface area contributed by atoms with Crippen LogP contribution in [0.1, 0.15) is 18.1 Å². The molecule has 0 spiro atoms. The summed E-state index contributed by atoms with van der Waals surface area (Å²) in [6.45, 7) is 6.57. The van der Waals surface area contributed by atoms with Crippen molar-refractivity contribution in [3.63, 3.8) is 0 Å². The average Bonchev–Trinajstić information content (AvgIpc) is 2.77. The van der Waals surface area contributed by atoms with E-state index in [1.165, 1.54) is 19.3 Å². The molecule has 2 aromatic rings. The lowest BCUT2D eigenvalue weighted by Crippen LogP contribution is -2.47. The van der Waals surface area contributed by atoms with E-state index in [4.69, 9.17) is 9.47 Å². The number of rotatable bonds is 8. The molecular formula is C24H29FN2O3. The molecule has 6 heteroatoms. The quantitative estimate of drug-likeness (QED) is 0.622. The van der Waals surface area contributed by atoms with Crippen LogP contribution in [0.25, 0.3) is 6.08 Å². The van der Waals surface area contributed by atoms with E-state index in [1.54, 1.807) is 18.2 Å². The van der Waals surface area contributed by atoms with Crippen molar-refractivity contribution in [2.45, 2.75) is 19.5 Å². The van der Waals surface area contributed by atoms with Gasteiger partial charge in [-0.15, -0.1) is 0 Å². The van der Waals surface area contributed by atoms with Crippen molar-refractivity contribution in [1.82, 2.24) is 9.80 Å². The first-order chi connectivity index (χ1) is 14.6. The molecule has 1 unspecified atom stereocenters. The van der Waals surface area contributed by atoms with Gasteiger partial charge in [-0.3, -0.25) is 9.69 Å². The highest BCUT2D eigenvalue weighted by Crippen LogP contribution is 2.19. The highest BCUT2D eigenvalue weighted by molar-refractivity contribution is 5.92. The van der Waals surface area contributed by atoms with Crippen molar-refractivity contribution in [2.24, 2.45) is 0 Å². The number of amides is 1. The summed E-state index contributed by atoms with van der Waals surface area (Å²) in [4.78, 5) is 17.3. The molecule has 0 aliphatic carbocycles. The van der Waals surface area contributed by atoms with Crippen molar-refractivity contribution in [3.8, 4) is 5.75 Å². The third-order valence-corrected chi connectivity index (χ3v) is 5.23. The second kappa shape index (κ2) is 10.9. The highest BCUT2D eigenvalue weighted by Gasteiger charge is 2.22. The molecular weight excluding hydrogens is 383 g/mol. The van der Waals surface area contributed by atoms with Crippen LogP contribution in [-0.2, 0) is 16.1 Å². The fraction of sp³-hybridized carbons (Fsp3) is 0.375. The van der Waals surface area contributed by atoms with Crippen LogP contribution in [-0.4, -0.2) is 61.7 Å². The summed E-state index contributed by atoms with van der Waals surface area (Å²) in [7, 11) is 1.43. The molecule has 1 atom stereocenters. The zero-order valence-corrected chi connectivity index (χ0v) is 17.6. The number of methoxy groups -OCH3 is 1. The molecule has 0 radical (unpaired) electrons. The number of morpholine rings is 1. The normalized spacial score (nSPS) is 15.8. The van der Waals surface area contributed by atoms with Crippen molar-refractivity contribution in [3.05, 3.63) is 71.6 Å². The fourth-order valence-corrected chi connectivity index (χ4v) is 3.54. The summed E-state index contributed by atoms with van der Waals surface area (Å²) in [5.74, 6) is -0.368. The Morgan fingerprint density at radius 2 is 1.97 bits per heavy atom. The van der Waals surface area contributed by atoms with Crippen LogP contribution in [0.4, 0.5) is 4.39 Å². The van der Waals surface area contributed by atoms with Gasteiger partial charge in [0.05, 0.1) is 20.3 Å². The fourth-order valence-electron chi connectivity index (χ4n) is 3.54. The molecule has 5 nitrogen and oxygen atoms in total. The van der Waals surface area contributed by atoms with Crippen LogP contribution in [0.2, 0.25) is 0 Å². The minimum absolute atomic E-state index is 0.0214. The van der Waals surface area contributed by atoms with Crippen molar-refractivity contribution in [2.75, 3.05) is 40.0 Å². The minimum Gasteiger partial charge on any atom is -0.494 e. The van der Waals surface area contributed by atoms with Crippen molar-refractivity contribution >= 4 is 12.0 Å². The number of hydrogen-bond acceptors (Lipinski definition) is 4. The van der Waals surface area contributed by atoms with Gasteiger partial charge < -0.3 is 14.4 Å². The lowest BCUT2D eigenvalue weighted by Gasteiger charge is -2.34. The molecule has 1 amide bonds. The first kappa shape index (κ1) is 22.0. The Morgan fingerprint density at radius 1 is 1.23 bits per heavy atom. The predicted octanol–water partition coefficient (Wildman–Crippen LogP) is 3.60. The summed E-state index contributed by atoms with van der Waals surface area (Å²) >= 11 is 0. The Morgan fingerprint density at radius 3 is 2.63 bits per heavy atom. The molecule has 1 saturated heterocycles. The van der Waals surface area contributed by atoms with Gasteiger partial charge in [0.1, 0.15) is 0 Å².